The fraction of sp³-hybridized carbons (Fsp3) is 0.417. The number of halogens is 1. The molecular weight excluding hydrogens is 463 g/mol. The standard InChI is InChI=1S/C24H27FN2O6S/c25-20-10-9-19(17-21(20)34(30,31)27-11-5-2-6-12-27)24(29)33-22(18-7-3-1-4-8-18)23(28)26-13-15-32-16-14-26/h1,3-4,7-10,17,22H,2,5-6,11-16H2. The molecule has 1 amide bonds. The zero-order valence-corrected chi connectivity index (χ0v) is 19.5. The molecule has 10 heteroatoms. The minimum Gasteiger partial charge on any atom is -0.444 e. The van der Waals surface area contributed by atoms with Crippen LogP contribution in [0.3, 0.4) is 0 Å². The fourth-order valence-corrected chi connectivity index (χ4v) is 5.69. The summed E-state index contributed by atoms with van der Waals surface area (Å²) in [7, 11) is -4.10. The van der Waals surface area contributed by atoms with E-state index >= 15 is 0 Å². The Balaban J connectivity index is 1.60. The predicted molar refractivity (Wildman–Crippen MR) is 121 cm³/mol. The third-order valence-corrected chi connectivity index (χ3v) is 7.89. The average Bonchev–Trinajstić information content (AvgIpc) is 2.88. The number of hydrogen-bond acceptors (Lipinski definition) is 6. The number of sulfonamides is 1. The number of rotatable bonds is 6. The van der Waals surface area contributed by atoms with E-state index in [1.807, 2.05) is 0 Å². The van der Waals surface area contributed by atoms with Gasteiger partial charge in [0.05, 0.1) is 18.8 Å². The molecule has 0 radical (unpaired) electrons. The van der Waals surface area contributed by atoms with Gasteiger partial charge in [0.15, 0.2) is 0 Å². The minimum absolute atomic E-state index is 0.146. The normalized spacial score (nSPS) is 18.3. The lowest BCUT2D eigenvalue weighted by atomic mass is 10.1. The number of ether oxygens (including phenoxy) is 2. The van der Waals surface area contributed by atoms with Crippen LogP contribution in [-0.2, 0) is 24.3 Å². The Morgan fingerprint density at radius 2 is 1.62 bits per heavy atom. The zero-order valence-electron chi connectivity index (χ0n) is 18.7. The summed E-state index contributed by atoms with van der Waals surface area (Å²) < 4.78 is 52.7. The molecular formula is C24H27FN2O6S. The number of benzene rings is 2. The maximum absolute atomic E-state index is 14.6. The molecule has 182 valence electrons. The molecule has 0 bridgehead atoms. The van der Waals surface area contributed by atoms with Crippen molar-refractivity contribution < 1.29 is 31.9 Å². The van der Waals surface area contributed by atoms with E-state index in [4.69, 9.17) is 9.47 Å². The van der Waals surface area contributed by atoms with Crippen LogP contribution >= 0.6 is 0 Å². The molecule has 2 aromatic rings. The zero-order chi connectivity index (χ0) is 24.1. The van der Waals surface area contributed by atoms with Crippen LogP contribution in [-0.4, -0.2) is 68.9 Å². The van der Waals surface area contributed by atoms with Gasteiger partial charge in [-0.3, -0.25) is 4.79 Å². The Bertz CT molecular complexity index is 1130. The highest BCUT2D eigenvalue weighted by atomic mass is 32.2. The molecule has 1 atom stereocenters. The molecule has 1 unspecified atom stereocenters. The lowest BCUT2D eigenvalue weighted by Crippen LogP contribution is -2.44. The Labute approximate surface area is 198 Å². The second-order valence-corrected chi connectivity index (χ2v) is 10.1. The molecule has 0 spiro atoms. The highest BCUT2D eigenvalue weighted by molar-refractivity contribution is 7.89. The molecule has 0 aliphatic carbocycles. The van der Waals surface area contributed by atoms with Gasteiger partial charge in [-0.15, -0.1) is 0 Å². The smallest absolute Gasteiger partial charge is 0.339 e. The maximum Gasteiger partial charge on any atom is 0.339 e. The number of hydrogen-bond donors (Lipinski definition) is 0. The van der Waals surface area contributed by atoms with Gasteiger partial charge in [-0.1, -0.05) is 36.8 Å². The Kier molecular flexibility index (Phi) is 7.60. The van der Waals surface area contributed by atoms with E-state index in [2.05, 4.69) is 0 Å². The number of morpholine rings is 1. The molecule has 0 saturated carbocycles. The third kappa shape index (κ3) is 5.29. The van der Waals surface area contributed by atoms with Gasteiger partial charge in [-0.05, 0) is 31.0 Å². The number of nitrogens with zero attached hydrogens (tertiary/aromatic N) is 2. The first-order valence-electron chi connectivity index (χ1n) is 11.3. The molecule has 34 heavy (non-hydrogen) atoms. The van der Waals surface area contributed by atoms with Crippen LogP contribution < -0.4 is 0 Å². The SMILES string of the molecule is O=C(OC(C(=O)N1CCOCC1)c1ccccc1)c1ccc(F)c(S(=O)(=O)N2CCCCC2)c1. The maximum atomic E-state index is 14.6. The van der Waals surface area contributed by atoms with Gasteiger partial charge in [0.1, 0.15) is 10.7 Å². The van der Waals surface area contributed by atoms with E-state index < -0.39 is 38.7 Å². The molecule has 2 aliphatic rings. The molecule has 2 fully saturated rings. The summed E-state index contributed by atoms with van der Waals surface area (Å²) >= 11 is 0. The summed E-state index contributed by atoms with van der Waals surface area (Å²) in [5.74, 6) is -2.25. The van der Waals surface area contributed by atoms with E-state index in [9.17, 15) is 22.4 Å². The van der Waals surface area contributed by atoms with Crippen molar-refractivity contribution in [2.45, 2.75) is 30.3 Å². The van der Waals surface area contributed by atoms with Crippen LogP contribution in [0.25, 0.3) is 0 Å². The highest BCUT2D eigenvalue weighted by Crippen LogP contribution is 2.26. The van der Waals surface area contributed by atoms with Crippen molar-refractivity contribution >= 4 is 21.9 Å². The molecule has 8 nitrogen and oxygen atoms in total. The molecule has 2 heterocycles. The second kappa shape index (κ2) is 10.6. The lowest BCUT2D eigenvalue weighted by Gasteiger charge is -2.30. The van der Waals surface area contributed by atoms with Gasteiger partial charge in [-0.2, -0.15) is 4.31 Å². The largest absolute Gasteiger partial charge is 0.444 e. The molecule has 4 rings (SSSR count). The van der Waals surface area contributed by atoms with Gasteiger partial charge >= 0.3 is 5.97 Å². The highest BCUT2D eigenvalue weighted by Gasteiger charge is 2.33. The van der Waals surface area contributed by atoms with E-state index in [1.54, 1.807) is 35.2 Å². The summed E-state index contributed by atoms with van der Waals surface area (Å²) in [6.45, 7) is 2.12. The lowest BCUT2D eigenvalue weighted by molar-refractivity contribution is -0.145. The summed E-state index contributed by atoms with van der Waals surface area (Å²) in [4.78, 5) is 27.2. The van der Waals surface area contributed by atoms with Crippen LogP contribution in [0.2, 0.25) is 0 Å². The van der Waals surface area contributed by atoms with Gasteiger partial charge < -0.3 is 14.4 Å². The summed E-state index contributed by atoms with van der Waals surface area (Å²) in [6.07, 6.45) is 1.09. The van der Waals surface area contributed by atoms with Crippen LogP contribution in [0.1, 0.15) is 41.3 Å². The van der Waals surface area contributed by atoms with Gasteiger partial charge in [0.2, 0.25) is 16.1 Å². The topological polar surface area (TPSA) is 93.2 Å². The van der Waals surface area contributed by atoms with Crippen molar-refractivity contribution in [2.75, 3.05) is 39.4 Å². The quantitative estimate of drug-likeness (QED) is 0.578. The van der Waals surface area contributed by atoms with Crippen LogP contribution in [0.4, 0.5) is 4.39 Å². The molecule has 0 N–H and O–H groups in total. The number of esters is 1. The van der Waals surface area contributed by atoms with Crippen LogP contribution in [0, 0.1) is 5.82 Å². The monoisotopic (exact) mass is 490 g/mol. The van der Waals surface area contributed by atoms with Crippen molar-refractivity contribution in [1.29, 1.82) is 0 Å². The van der Waals surface area contributed by atoms with Crippen LogP contribution in [0.15, 0.2) is 53.4 Å². The van der Waals surface area contributed by atoms with E-state index in [1.165, 1.54) is 4.31 Å². The fourth-order valence-electron chi connectivity index (χ4n) is 4.09. The first kappa shape index (κ1) is 24.3. The van der Waals surface area contributed by atoms with Gasteiger partial charge in [0, 0.05) is 31.7 Å². The first-order chi connectivity index (χ1) is 16.4. The van der Waals surface area contributed by atoms with Crippen molar-refractivity contribution in [3.63, 3.8) is 0 Å². The summed E-state index contributed by atoms with van der Waals surface area (Å²) in [5, 5.41) is 0. The van der Waals surface area contributed by atoms with Crippen molar-refractivity contribution in [1.82, 2.24) is 9.21 Å². The summed E-state index contributed by atoms with van der Waals surface area (Å²) in [6, 6.07) is 11.7. The van der Waals surface area contributed by atoms with Crippen molar-refractivity contribution in [2.24, 2.45) is 0 Å². The average molecular weight is 491 g/mol. The van der Waals surface area contributed by atoms with Crippen molar-refractivity contribution in [3.05, 3.63) is 65.5 Å². The molecule has 2 aromatic carbocycles. The number of amides is 1. The molecule has 2 saturated heterocycles. The minimum atomic E-state index is -4.10. The Hall–Kier alpha value is -2.82. The van der Waals surface area contributed by atoms with E-state index in [0.29, 0.717) is 57.8 Å². The van der Waals surface area contributed by atoms with E-state index in [0.717, 1.165) is 24.6 Å². The van der Waals surface area contributed by atoms with Gasteiger partial charge in [0.25, 0.3) is 5.91 Å². The molecule has 2 aliphatic heterocycles. The Morgan fingerprint density at radius 1 is 0.941 bits per heavy atom. The third-order valence-electron chi connectivity index (χ3n) is 5.97. The Morgan fingerprint density at radius 3 is 2.29 bits per heavy atom. The molecule has 0 aromatic heterocycles. The van der Waals surface area contributed by atoms with Crippen molar-refractivity contribution in [3.8, 4) is 0 Å². The van der Waals surface area contributed by atoms with E-state index in [-0.39, 0.29) is 5.56 Å². The predicted octanol–water partition coefficient (Wildman–Crippen LogP) is 2.76. The number of carbonyl (C=O) groups is 2. The summed E-state index contributed by atoms with van der Waals surface area (Å²) in [5.41, 5.74) is 0.336. The second-order valence-electron chi connectivity index (χ2n) is 8.24. The number of carbonyl (C=O) groups excluding carboxylic acids is 2. The number of piperidine rings is 1. The first-order valence-corrected chi connectivity index (χ1v) is 12.7. The van der Waals surface area contributed by atoms with Gasteiger partial charge in [-0.25, -0.2) is 17.6 Å². The van der Waals surface area contributed by atoms with Crippen LogP contribution in [0.5, 0.6) is 0 Å².